The lowest BCUT2D eigenvalue weighted by atomic mass is 9.97. The predicted octanol–water partition coefficient (Wildman–Crippen LogP) is 3.58. The van der Waals surface area contributed by atoms with E-state index >= 15 is 0 Å². The first-order valence-corrected chi connectivity index (χ1v) is 8.69. The van der Waals surface area contributed by atoms with Crippen LogP contribution in [0.3, 0.4) is 0 Å². The summed E-state index contributed by atoms with van der Waals surface area (Å²) in [6, 6.07) is 0. The Kier molecular flexibility index (Phi) is 4.70. The van der Waals surface area contributed by atoms with E-state index in [0.717, 1.165) is 35.9 Å². The fraction of sp³-hybridized carbons (Fsp3) is 0.625. The van der Waals surface area contributed by atoms with Gasteiger partial charge in [-0.15, -0.1) is 11.3 Å². The SMILES string of the molecule is CCCNc1nc(CCOC)nc2sc3c(c12)CCCC3. The molecule has 5 heteroatoms. The maximum atomic E-state index is 5.16. The Morgan fingerprint density at radius 3 is 2.90 bits per heavy atom. The number of nitrogens with one attached hydrogen (secondary N) is 1. The topological polar surface area (TPSA) is 47.0 Å². The van der Waals surface area contributed by atoms with Crippen molar-refractivity contribution < 1.29 is 4.74 Å². The predicted molar refractivity (Wildman–Crippen MR) is 88.4 cm³/mol. The molecule has 1 aliphatic carbocycles. The van der Waals surface area contributed by atoms with Gasteiger partial charge in [-0.3, -0.25) is 0 Å². The van der Waals surface area contributed by atoms with Crippen molar-refractivity contribution >= 4 is 27.4 Å². The molecule has 3 rings (SSSR count). The lowest BCUT2D eigenvalue weighted by molar-refractivity contribution is 0.200. The number of thiophene rings is 1. The van der Waals surface area contributed by atoms with Gasteiger partial charge < -0.3 is 10.1 Å². The third-order valence-corrected chi connectivity index (χ3v) is 5.12. The van der Waals surface area contributed by atoms with Crippen LogP contribution in [0, 0.1) is 0 Å². The van der Waals surface area contributed by atoms with Crippen molar-refractivity contribution in [2.75, 3.05) is 25.6 Å². The molecule has 4 nitrogen and oxygen atoms in total. The van der Waals surface area contributed by atoms with Crippen molar-refractivity contribution in [3.8, 4) is 0 Å². The van der Waals surface area contributed by atoms with Gasteiger partial charge in [-0.2, -0.15) is 0 Å². The largest absolute Gasteiger partial charge is 0.384 e. The molecule has 0 aliphatic heterocycles. The van der Waals surface area contributed by atoms with Crippen molar-refractivity contribution in [2.45, 2.75) is 45.4 Å². The van der Waals surface area contributed by atoms with E-state index in [1.165, 1.54) is 41.5 Å². The summed E-state index contributed by atoms with van der Waals surface area (Å²) in [6.07, 6.45) is 6.86. The van der Waals surface area contributed by atoms with E-state index < -0.39 is 0 Å². The normalized spacial score (nSPS) is 14.4. The molecular formula is C16H23N3OS. The van der Waals surface area contributed by atoms with E-state index in [9.17, 15) is 0 Å². The molecule has 0 unspecified atom stereocenters. The molecular weight excluding hydrogens is 282 g/mol. The summed E-state index contributed by atoms with van der Waals surface area (Å²) in [7, 11) is 1.72. The van der Waals surface area contributed by atoms with E-state index in [0.29, 0.717) is 6.61 Å². The Morgan fingerprint density at radius 2 is 2.10 bits per heavy atom. The number of hydrogen-bond donors (Lipinski definition) is 1. The molecule has 0 saturated heterocycles. The van der Waals surface area contributed by atoms with Crippen molar-refractivity contribution in [3.05, 3.63) is 16.3 Å². The van der Waals surface area contributed by atoms with Gasteiger partial charge in [-0.05, 0) is 37.7 Å². The average Bonchev–Trinajstić information content (AvgIpc) is 2.89. The smallest absolute Gasteiger partial charge is 0.138 e. The minimum atomic E-state index is 0.670. The van der Waals surface area contributed by atoms with Gasteiger partial charge in [-0.1, -0.05) is 6.92 Å². The van der Waals surface area contributed by atoms with Crippen LogP contribution in [0.1, 0.15) is 42.5 Å². The molecule has 0 saturated carbocycles. The van der Waals surface area contributed by atoms with Crippen molar-refractivity contribution in [1.82, 2.24) is 9.97 Å². The highest BCUT2D eigenvalue weighted by atomic mass is 32.1. The average molecular weight is 305 g/mol. The van der Waals surface area contributed by atoms with Crippen LogP contribution < -0.4 is 5.32 Å². The van der Waals surface area contributed by atoms with Crippen molar-refractivity contribution in [1.29, 1.82) is 0 Å². The molecule has 1 N–H and O–H groups in total. The minimum absolute atomic E-state index is 0.670. The van der Waals surface area contributed by atoms with Crippen molar-refractivity contribution in [3.63, 3.8) is 0 Å². The molecule has 2 aromatic rings. The molecule has 21 heavy (non-hydrogen) atoms. The van der Waals surface area contributed by atoms with E-state index in [1.807, 2.05) is 11.3 Å². The molecule has 2 aromatic heterocycles. The maximum Gasteiger partial charge on any atom is 0.138 e. The minimum Gasteiger partial charge on any atom is -0.384 e. The lowest BCUT2D eigenvalue weighted by Gasteiger charge is -2.13. The van der Waals surface area contributed by atoms with Crippen LogP contribution in [-0.4, -0.2) is 30.2 Å². The maximum absolute atomic E-state index is 5.16. The molecule has 0 bridgehead atoms. The number of aryl methyl sites for hydroxylation is 2. The van der Waals surface area contributed by atoms with Gasteiger partial charge in [0, 0.05) is 25.0 Å². The third-order valence-electron chi connectivity index (χ3n) is 3.93. The highest BCUT2D eigenvalue weighted by Gasteiger charge is 2.20. The lowest BCUT2D eigenvalue weighted by Crippen LogP contribution is -2.08. The van der Waals surface area contributed by atoms with Crippen molar-refractivity contribution in [2.24, 2.45) is 0 Å². The van der Waals surface area contributed by atoms with Gasteiger partial charge >= 0.3 is 0 Å². The second kappa shape index (κ2) is 6.71. The number of hydrogen-bond acceptors (Lipinski definition) is 5. The number of nitrogens with zero attached hydrogens (tertiary/aromatic N) is 2. The molecule has 0 atom stereocenters. The first-order chi connectivity index (χ1) is 10.3. The van der Waals surface area contributed by atoms with Gasteiger partial charge in [0.25, 0.3) is 0 Å². The first-order valence-electron chi connectivity index (χ1n) is 7.87. The van der Waals surface area contributed by atoms with Gasteiger partial charge in [0.15, 0.2) is 0 Å². The quantitative estimate of drug-likeness (QED) is 0.886. The number of ether oxygens (including phenoxy) is 1. The molecule has 2 heterocycles. The molecule has 114 valence electrons. The third kappa shape index (κ3) is 3.04. The Hall–Kier alpha value is -1.20. The van der Waals surface area contributed by atoms with Gasteiger partial charge in [0.1, 0.15) is 16.5 Å². The summed E-state index contributed by atoms with van der Waals surface area (Å²) >= 11 is 1.86. The summed E-state index contributed by atoms with van der Waals surface area (Å²) in [4.78, 5) is 12.2. The highest BCUT2D eigenvalue weighted by molar-refractivity contribution is 7.19. The highest BCUT2D eigenvalue weighted by Crippen LogP contribution is 2.38. The summed E-state index contributed by atoms with van der Waals surface area (Å²) < 4.78 is 5.16. The fourth-order valence-electron chi connectivity index (χ4n) is 2.88. The molecule has 0 fully saturated rings. The van der Waals surface area contributed by atoms with E-state index in [4.69, 9.17) is 14.7 Å². The Balaban J connectivity index is 2.05. The Morgan fingerprint density at radius 1 is 1.24 bits per heavy atom. The molecule has 0 radical (unpaired) electrons. The van der Waals surface area contributed by atoms with Crippen LogP contribution >= 0.6 is 11.3 Å². The Bertz CT molecular complexity index is 623. The van der Waals surface area contributed by atoms with Crippen LogP contribution in [-0.2, 0) is 24.0 Å². The van der Waals surface area contributed by atoms with E-state index in [-0.39, 0.29) is 0 Å². The van der Waals surface area contributed by atoms with Crippen LogP contribution in [0.5, 0.6) is 0 Å². The zero-order chi connectivity index (χ0) is 14.7. The van der Waals surface area contributed by atoms with Gasteiger partial charge in [0.2, 0.25) is 0 Å². The molecule has 0 amide bonds. The summed E-state index contributed by atoms with van der Waals surface area (Å²) in [5.41, 5.74) is 1.50. The van der Waals surface area contributed by atoms with Crippen LogP contribution in [0.2, 0.25) is 0 Å². The second-order valence-electron chi connectivity index (χ2n) is 5.55. The van der Waals surface area contributed by atoms with Gasteiger partial charge in [-0.25, -0.2) is 9.97 Å². The molecule has 0 spiro atoms. The second-order valence-corrected chi connectivity index (χ2v) is 6.63. The zero-order valence-electron chi connectivity index (χ0n) is 12.9. The number of methoxy groups -OCH3 is 1. The summed E-state index contributed by atoms with van der Waals surface area (Å²) in [5.74, 6) is 1.92. The number of anilines is 1. The van der Waals surface area contributed by atoms with E-state index in [2.05, 4.69) is 12.2 Å². The first kappa shape index (κ1) is 14.7. The fourth-order valence-corrected chi connectivity index (χ4v) is 4.16. The number of aromatic nitrogens is 2. The van der Waals surface area contributed by atoms with Crippen LogP contribution in [0.25, 0.3) is 10.2 Å². The summed E-state index contributed by atoms with van der Waals surface area (Å²) in [5, 5.41) is 4.79. The zero-order valence-corrected chi connectivity index (χ0v) is 13.7. The Labute approximate surface area is 129 Å². The van der Waals surface area contributed by atoms with Crippen LogP contribution in [0.4, 0.5) is 5.82 Å². The number of rotatable bonds is 6. The summed E-state index contributed by atoms with van der Waals surface area (Å²) in [6.45, 7) is 3.81. The molecule has 1 aliphatic rings. The monoisotopic (exact) mass is 305 g/mol. The van der Waals surface area contributed by atoms with E-state index in [1.54, 1.807) is 7.11 Å². The van der Waals surface area contributed by atoms with Gasteiger partial charge in [0.05, 0.1) is 12.0 Å². The molecule has 0 aromatic carbocycles. The van der Waals surface area contributed by atoms with Crippen LogP contribution in [0.15, 0.2) is 0 Å². The number of fused-ring (bicyclic) bond motifs is 3. The standard InChI is InChI=1S/C16H23N3OS/c1-3-9-17-15-14-11-6-4-5-7-12(11)21-16(14)19-13(18-15)8-10-20-2/h3-10H2,1-2H3,(H,17,18,19).